The van der Waals surface area contributed by atoms with Gasteiger partial charge in [-0.3, -0.25) is 4.79 Å². The number of nitrogens with two attached hydrogens (primary N) is 1. The van der Waals surface area contributed by atoms with E-state index in [4.69, 9.17) is 5.73 Å². The van der Waals surface area contributed by atoms with Gasteiger partial charge in [-0.1, -0.05) is 12.1 Å². The van der Waals surface area contributed by atoms with Crippen LogP contribution in [-0.2, 0) is 11.2 Å². The number of anilines is 1. The van der Waals surface area contributed by atoms with Gasteiger partial charge < -0.3 is 10.6 Å². The lowest BCUT2D eigenvalue weighted by molar-refractivity contribution is -0.130. The fraction of sp³-hybridized carbons (Fsp3) is 0.462. The summed E-state index contributed by atoms with van der Waals surface area (Å²) in [6.07, 6.45) is 1.38. The van der Waals surface area contributed by atoms with E-state index in [9.17, 15) is 4.79 Å². The highest BCUT2D eigenvalue weighted by Gasteiger charge is 2.16. The van der Waals surface area contributed by atoms with Crippen molar-refractivity contribution in [3.8, 4) is 0 Å². The molecule has 92 valence electrons. The van der Waals surface area contributed by atoms with Crippen molar-refractivity contribution >= 4 is 23.4 Å². The van der Waals surface area contributed by atoms with Gasteiger partial charge in [0.05, 0.1) is 0 Å². The second-order valence-electron chi connectivity index (χ2n) is 4.24. The summed E-state index contributed by atoms with van der Waals surface area (Å²) in [5.74, 6) is 2.42. The number of benzene rings is 1. The highest BCUT2D eigenvalue weighted by Crippen LogP contribution is 2.13. The molecule has 1 aromatic carbocycles. The molecule has 2 rings (SSSR count). The van der Waals surface area contributed by atoms with E-state index in [0.717, 1.165) is 42.3 Å². The Hall–Kier alpha value is -1.16. The molecule has 0 spiro atoms. The first-order valence-electron chi connectivity index (χ1n) is 5.95. The van der Waals surface area contributed by atoms with Crippen LogP contribution in [0.3, 0.4) is 0 Å². The lowest BCUT2D eigenvalue weighted by atomic mass is 10.1. The smallest absolute Gasteiger partial charge is 0.222 e. The zero-order valence-electron chi connectivity index (χ0n) is 9.89. The Kier molecular flexibility index (Phi) is 4.31. The van der Waals surface area contributed by atoms with Gasteiger partial charge in [0.1, 0.15) is 0 Å². The van der Waals surface area contributed by atoms with Crippen LogP contribution in [0.5, 0.6) is 0 Å². The molecule has 1 amide bonds. The molecule has 1 saturated heterocycles. The number of nitrogens with zero attached hydrogens (tertiary/aromatic N) is 1. The zero-order valence-corrected chi connectivity index (χ0v) is 10.7. The summed E-state index contributed by atoms with van der Waals surface area (Å²) in [5.41, 5.74) is 7.62. The SMILES string of the molecule is Nc1cccc(CCC(=O)N2CCSCC2)c1. The Bertz CT molecular complexity index is 389. The number of rotatable bonds is 3. The molecule has 4 heteroatoms. The van der Waals surface area contributed by atoms with Crippen LogP contribution in [0.1, 0.15) is 12.0 Å². The molecule has 1 aromatic rings. The van der Waals surface area contributed by atoms with Crippen molar-refractivity contribution in [2.75, 3.05) is 30.3 Å². The monoisotopic (exact) mass is 250 g/mol. The van der Waals surface area contributed by atoms with E-state index < -0.39 is 0 Å². The first-order valence-corrected chi connectivity index (χ1v) is 7.11. The molecule has 1 aliphatic heterocycles. The van der Waals surface area contributed by atoms with E-state index in [2.05, 4.69) is 0 Å². The van der Waals surface area contributed by atoms with Crippen LogP contribution in [0.25, 0.3) is 0 Å². The molecule has 0 saturated carbocycles. The van der Waals surface area contributed by atoms with Gasteiger partial charge in [0, 0.05) is 36.7 Å². The number of carbonyl (C=O) groups is 1. The molecular formula is C13H18N2OS. The molecule has 3 nitrogen and oxygen atoms in total. The average molecular weight is 250 g/mol. The van der Waals surface area contributed by atoms with Gasteiger partial charge in [0.25, 0.3) is 0 Å². The number of nitrogen functional groups attached to an aromatic ring is 1. The highest BCUT2D eigenvalue weighted by molar-refractivity contribution is 7.99. The maximum atomic E-state index is 11.9. The summed E-state index contributed by atoms with van der Waals surface area (Å²) in [5, 5.41) is 0. The van der Waals surface area contributed by atoms with Gasteiger partial charge in [-0.15, -0.1) is 0 Å². The topological polar surface area (TPSA) is 46.3 Å². The van der Waals surface area contributed by atoms with Crippen molar-refractivity contribution < 1.29 is 4.79 Å². The average Bonchev–Trinajstić information content (AvgIpc) is 2.37. The third-order valence-electron chi connectivity index (χ3n) is 2.94. The van der Waals surface area contributed by atoms with Crippen molar-refractivity contribution in [1.29, 1.82) is 0 Å². The minimum Gasteiger partial charge on any atom is -0.399 e. The number of carbonyl (C=O) groups excluding carboxylic acids is 1. The van der Waals surface area contributed by atoms with Crippen molar-refractivity contribution in [1.82, 2.24) is 4.90 Å². The fourth-order valence-electron chi connectivity index (χ4n) is 1.97. The van der Waals surface area contributed by atoms with Crippen LogP contribution in [0.2, 0.25) is 0 Å². The normalized spacial score (nSPS) is 15.9. The van der Waals surface area contributed by atoms with Crippen LogP contribution in [0, 0.1) is 0 Å². The van der Waals surface area contributed by atoms with Gasteiger partial charge in [-0.25, -0.2) is 0 Å². The second kappa shape index (κ2) is 5.96. The van der Waals surface area contributed by atoms with E-state index in [-0.39, 0.29) is 5.91 Å². The maximum Gasteiger partial charge on any atom is 0.222 e. The molecule has 1 aliphatic rings. The van der Waals surface area contributed by atoms with E-state index in [1.807, 2.05) is 40.9 Å². The van der Waals surface area contributed by atoms with Crippen LogP contribution in [0.15, 0.2) is 24.3 Å². The molecule has 0 unspecified atom stereocenters. The molecule has 0 bridgehead atoms. The Labute approximate surface area is 106 Å². The molecule has 1 heterocycles. The summed E-state index contributed by atoms with van der Waals surface area (Å²) in [6.45, 7) is 1.81. The molecule has 0 atom stereocenters. The fourth-order valence-corrected chi connectivity index (χ4v) is 2.87. The molecule has 0 aliphatic carbocycles. The predicted octanol–water partition coefficient (Wildman–Crippen LogP) is 1.78. The van der Waals surface area contributed by atoms with Crippen molar-refractivity contribution in [2.45, 2.75) is 12.8 Å². The Balaban J connectivity index is 1.83. The zero-order chi connectivity index (χ0) is 12.1. The molecule has 0 radical (unpaired) electrons. The van der Waals surface area contributed by atoms with Gasteiger partial charge in [-0.05, 0) is 24.1 Å². The van der Waals surface area contributed by atoms with E-state index >= 15 is 0 Å². The van der Waals surface area contributed by atoms with Crippen LogP contribution in [0.4, 0.5) is 5.69 Å². The standard InChI is InChI=1S/C13H18N2OS/c14-12-3-1-2-11(10-12)4-5-13(16)15-6-8-17-9-7-15/h1-3,10H,4-9,14H2. The van der Waals surface area contributed by atoms with Crippen molar-refractivity contribution in [3.63, 3.8) is 0 Å². The number of aryl methyl sites for hydroxylation is 1. The maximum absolute atomic E-state index is 11.9. The van der Waals surface area contributed by atoms with E-state index in [0.29, 0.717) is 6.42 Å². The van der Waals surface area contributed by atoms with Crippen LogP contribution < -0.4 is 5.73 Å². The van der Waals surface area contributed by atoms with Crippen molar-refractivity contribution in [2.24, 2.45) is 0 Å². The van der Waals surface area contributed by atoms with E-state index in [1.54, 1.807) is 0 Å². The predicted molar refractivity (Wildman–Crippen MR) is 73.1 cm³/mol. The lowest BCUT2D eigenvalue weighted by Crippen LogP contribution is -2.37. The summed E-state index contributed by atoms with van der Waals surface area (Å²) in [4.78, 5) is 13.9. The van der Waals surface area contributed by atoms with Gasteiger partial charge in [-0.2, -0.15) is 11.8 Å². The molecule has 2 N–H and O–H groups in total. The number of hydrogen-bond donors (Lipinski definition) is 1. The first-order chi connectivity index (χ1) is 8.25. The molecule has 1 fully saturated rings. The summed E-state index contributed by atoms with van der Waals surface area (Å²) in [7, 11) is 0. The second-order valence-corrected chi connectivity index (χ2v) is 5.46. The Morgan fingerprint density at radius 3 is 2.82 bits per heavy atom. The third kappa shape index (κ3) is 3.66. The van der Waals surface area contributed by atoms with Gasteiger partial charge >= 0.3 is 0 Å². The minimum atomic E-state index is 0.271. The van der Waals surface area contributed by atoms with Crippen LogP contribution in [-0.4, -0.2) is 35.4 Å². The minimum absolute atomic E-state index is 0.271. The first kappa shape index (κ1) is 12.3. The molecule has 0 aromatic heterocycles. The number of amides is 1. The van der Waals surface area contributed by atoms with Gasteiger partial charge in [0.15, 0.2) is 0 Å². The Morgan fingerprint density at radius 2 is 2.12 bits per heavy atom. The molecular weight excluding hydrogens is 232 g/mol. The van der Waals surface area contributed by atoms with Crippen LogP contribution >= 0.6 is 11.8 Å². The summed E-state index contributed by atoms with van der Waals surface area (Å²) < 4.78 is 0. The quantitative estimate of drug-likeness (QED) is 0.832. The van der Waals surface area contributed by atoms with Crippen molar-refractivity contribution in [3.05, 3.63) is 29.8 Å². The number of thioether (sulfide) groups is 1. The largest absolute Gasteiger partial charge is 0.399 e. The van der Waals surface area contributed by atoms with Gasteiger partial charge in [0.2, 0.25) is 5.91 Å². The Morgan fingerprint density at radius 1 is 1.35 bits per heavy atom. The number of hydrogen-bond acceptors (Lipinski definition) is 3. The van der Waals surface area contributed by atoms with E-state index in [1.165, 1.54) is 0 Å². The lowest BCUT2D eigenvalue weighted by Gasteiger charge is -2.26. The third-order valence-corrected chi connectivity index (χ3v) is 3.88. The molecule has 17 heavy (non-hydrogen) atoms. The highest BCUT2D eigenvalue weighted by atomic mass is 32.2. The summed E-state index contributed by atoms with van der Waals surface area (Å²) >= 11 is 1.92. The summed E-state index contributed by atoms with van der Waals surface area (Å²) in [6, 6.07) is 7.77.